The lowest BCUT2D eigenvalue weighted by Crippen LogP contribution is -2.42. The monoisotopic (exact) mass is 473 g/mol. The van der Waals surface area contributed by atoms with E-state index in [1.165, 1.54) is 32.2 Å². The third-order valence-electron chi connectivity index (χ3n) is 5.27. The minimum Gasteiger partial charge on any atom is -0.474 e. The van der Waals surface area contributed by atoms with Crippen molar-refractivity contribution in [2.45, 2.75) is 64.1 Å². The summed E-state index contributed by atoms with van der Waals surface area (Å²) in [6, 6.07) is 4.51. The summed E-state index contributed by atoms with van der Waals surface area (Å²) in [6.07, 6.45) is 9.32. The zero-order valence-electron chi connectivity index (χ0n) is 15.7. The van der Waals surface area contributed by atoms with Gasteiger partial charge in [0, 0.05) is 24.3 Å². The molecule has 1 aliphatic carbocycles. The third-order valence-corrected chi connectivity index (χ3v) is 5.27. The van der Waals surface area contributed by atoms with Gasteiger partial charge in [-0.1, -0.05) is 13.0 Å². The van der Waals surface area contributed by atoms with Gasteiger partial charge in [0.1, 0.15) is 6.10 Å². The summed E-state index contributed by atoms with van der Waals surface area (Å²) in [5, 5.41) is 3.28. The van der Waals surface area contributed by atoms with E-state index in [0.29, 0.717) is 30.5 Å². The van der Waals surface area contributed by atoms with Gasteiger partial charge in [-0.15, -0.1) is 24.0 Å². The molecule has 0 amide bonds. The van der Waals surface area contributed by atoms with Crippen LogP contribution in [0, 0.1) is 0 Å². The van der Waals surface area contributed by atoms with Crippen LogP contribution in [0.5, 0.6) is 5.88 Å². The number of pyridine rings is 1. The van der Waals surface area contributed by atoms with Crippen molar-refractivity contribution >= 4 is 29.9 Å². The van der Waals surface area contributed by atoms with E-state index < -0.39 is 0 Å². The number of halogens is 1. The molecule has 26 heavy (non-hydrogen) atoms. The Hall–Kier alpha value is -1.09. The fourth-order valence-electron chi connectivity index (χ4n) is 3.81. The van der Waals surface area contributed by atoms with Gasteiger partial charge < -0.3 is 15.8 Å². The maximum absolute atomic E-state index is 6.06. The number of likely N-dealkylation sites (tertiary alicyclic amines) is 1. The van der Waals surface area contributed by atoms with Crippen molar-refractivity contribution in [3.05, 3.63) is 23.9 Å². The van der Waals surface area contributed by atoms with Gasteiger partial charge in [0.25, 0.3) is 0 Å². The fourth-order valence-corrected chi connectivity index (χ4v) is 3.81. The van der Waals surface area contributed by atoms with Crippen LogP contribution < -0.4 is 15.8 Å². The Kier molecular flexibility index (Phi) is 8.90. The van der Waals surface area contributed by atoms with E-state index in [0.717, 1.165) is 31.5 Å². The summed E-state index contributed by atoms with van der Waals surface area (Å²) in [7, 11) is 0. The lowest BCUT2D eigenvalue weighted by molar-refractivity contribution is 0.199. The van der Waals surface area contributed by atoms with Crippen molar-refractivity contribution in [3.63, 3.8) is 0 Å². The maximum Gasteiger partial charge on any atom is 0.218 e. The van der Waals surface area contributed by atoms with Crippen molar-refractivity contribution in [1.29, 1.82) is 0 Å². The SMILES string of the molecule is CCN1CCCC1CNC(N)=NCc1cccnc1OC1CCCC1.I. The second kappa shape index (κ2) is 10.9. The highest BCUT2D eigenvalue weighted by Gasteiger charge is 2.22. The van der Waals surface area contributed by atoms with Gasteiger partial charge >= 0.3 is 0 Å². The number of guanidine groups is 1. The first-order chi connectivity index (χ1) is 12.3. The minimum atomic E-state index is 0. The summed E-state index contributed by atoms with van der Waals surface area (Å²) >= 11 is 0. The zero-order valence-corrected chi connectivity index (χ0v) is 18.0. The summed E-state index contributed by atoms with van der Waals surface area (Å²) in [4.78, 5) is 11.4. The molecule has 1 unspecified atom stereocenters. The van der Waals surface area contributed by atoms with Crippen LogP contribution in [-0.2, 0) is 6.54 Å². The first kappa shape index (κ1) is 21.2. The highest BCUT2D eigenvalue weighted by Crippen LogP contribution is 2.25. The maximum atomic E-state index is 6.06. The van der Waals surface area contributed by atoms with Crippen molar-refractivity contribution in [2.24, 2.45) is 10.7 Å². The van der Waals surface area contributed by atoms with E-state index in [9.17, 15) is 0 Å². The highest BCUT2D eigenvalue weighted by atomic mass is 127. The Balaban J connectivity index is 0.00000243. The quantitative estimate of drug-likeness (QED) is 0.362. The number of nitrogens with one attached hydrogen (secondary N) is 1. The lowest BCUT2D eigenvalue weighted by Gasteiger charge is -2.23. The molecule has 1 aliphatic heterocycles. The van der Waals surface area contributed by atoms with Crippen molar-refractivity contribution in [1.82, 2.24) is 15.2 Å². The highest BCUT2D eigenvalue weighted by molar-refractivity contribution is 14.0. The molecule has 3 N–H and O–H groups in total. The lowest BCUT2D eigenvalue weighted by atomic mass is 10.2. The molecule has 6 nitrogen and oxygen atoms in total. The molecule has 0 bridgehead atoms. The number of likely N-dealkylation sites (N-methyl/N-ethyl adjacent to an activating group) is 1. The van der Waals surface area contributed by atoms with Gasteiger partial charge in [0.05, 0.1) is 6.54 Å². The molecule has 2 heterocycles. The van der Waals surface area contributed by atoms with Crippen LogP contribution >= 0.6 is 24.0 Å². The number of nitrogens with zero attached hydrogens (tertiary/aromatic N) is 3. The molecule has 0 aromatic carbocycles. The smallest absolute Gasteiger partial charge is 0.218 e. The molecular formula is C19H32IN5O. The van der Waals surface area contributed by atoms with Gasteiger partial charge in [0.2, 0.25) is 5.88 Å². The summed E-state index contributed by atoms with van der Waals surface area (Å²) < 4.78 is 6.06. The number of hydrogen-bond acceptors (Lipinski definition) is 4. The Bertz CT molecular complexity index is 577. The molecule has 146 valence electrons. The standard InChI is InChI=1S/C19H31N5O.HI/c1-2-24-12-6-8-16(24)14-23-19(20)22-13-15-7-5-11-21-18(15)25-17-9-3-4-10-17;/h5,7,11,16-17H,2-4,6,8-10,12-14H2,1H3,(H3,20,22,23);1H. The average Bonchev–Trinajstić information content (AvgIpc) is 3.30. The van der Waals surface area contributed by atoms with E-state index >= 15 is 0 Å². The van der Waals surface area contributed by atoms with E-state index in [4.69, 9.17) is 10.5 Å². The van der Waals surface area contributed by atoms with Crippen LogP contribution in [0.4, 0.5) is 0 Å². The first-order valence-corrected chi connectivity index (χ1v) is 9.64. The van der Waals surface area contributed by atoms with E-state index in [-0.39, 0.29) is 24.0 Å². The van der Waals surface area contributed by atoms with E-state index in [2.05, 4.69) is 27.1 Å². The van der Waals surface area contributed by atoms with Crippen LogP contribution in [0.15, 0.2) is 23.3 Å². The summed E-state index contributed by atoms with van der Waals surface area (Å²) in [5.41, 5.74) is 7.05. The fraction of sp³-hybridized carbons (Fsp3) is 0.684. The Morgan fingerprint density at radius 3 is 2.92 bits per heavy atom. The topological polar surface area (TPSA) is 75.8 Å². The number of rotatable bonds is 7. The molecule has 7 heteroatoms. The van der Waals surface area contributed by atoms with Gasteiger partial charge in [0.15, 0.2) is 5.96 Å². The number of hydrogen-bond donors (Lipinski definition) is 2. The number of ether oxygens (including phenoxy) is 1. The predicted molar refractivity (Wildman–Crippen MR) is 116 cm³/mol. The van der Waals surface area contributed by atoms with Crippen LogP contribution in [0.1, 0.15) is 51.0 Å². The number of nitrogens with two attached hydrogens (primary N) is 1. The minimum absolute atomic E-state index is 0. The van der Waals surface area contributed by atoms with Gasteiger partial charge in [-0.2, -0.15) is 0 Å². The van der Waals surface area contributed by atoms with Crippen molar-refractivity contribution < 1.29 is 4.74 Å². The molecule has 1 aromatic heterocycles. The normalized spacial score (nSPS) is 21.6. The first-order valence-electron chi connectivity index (χ1n) is 9.64. The van der Waals surface area contributed by atoms with E-state index in [1.807, 2.05) is 12.1 Å². The molecule has 1 saturated carbocycles. The Morgan fingerprint density at radius 1 is 1.35 bits per heavy atom. The summed E-state index contributed by atoms with van der Waals surface area (Å²) in [6.45, 7) is 5.86. The average molecular weight is 473 g/mol. The molecule has 0 spiro atoms. The van der Waals surface area contributed by atoms with Crippen LogP contribution in [0.25, 0.3) is 0 Å². The van der Waals surface area contributed by atoms with Crippen LogP contribution in [0.2, 0.25) is 0 Å². The Morgan fingerprint density at radius 2 is 2.15 bits per heavy atom. The molecule has 1 atom stereocenters. The molecule has 1 saturated heterocycles. The Labute approximate surface area is 174 Å². The molecule has 1 aromatic rings. The molecular weight excluding hydrogens is 441 g/mol. The summed E-state index contributed by atoms with van der Waals surface area (Å²) in [5.74, 6) is 1.21. The van der Waals surface area contributed by atoms with Crippen LogP contribution in [-0.4, -0.2) is 47.6 Å². The number of aliphatic imine (C=N–C) groups is 1. The zero-order chi connectivity index (χ0) is 17.5. The van der Waals surface area contributed by atoms with E-state index in [1.54, 1.807) is 6.20 Å². The molecule has 0 radical (unpaired) electrons. The van der Waals surface area contributed by atoms with Crippen molar-refractivity contribution in [2.75, 3.05) is 19.6 Å². The third kappa shape index (κ3) is 5.97. The predicted octanol–water partition coefficient (Wildman–Crippen LogP) is 2.91. The molecule has 2 fully saturated rings. The van der Waals surface area contributed by atoms with Crippen molar-refractivity contribution in [3.8, 4) is 5.88 Å². The number of aromatic nitrogens is 1. The second-order valence-corrected chi connectivity index (χ2v) is 7.00. The molecule has 3 rings (SSSR count). The second-order valence-electron chi connectivity index (χ2n) is 7.00. The van der Waals surface area contributed by atoms with Gasteiger partial charge in [-0.3, -0.25) is 4.90 Å². The molecule has 2 aliphatic rings. The van der Waals surface area contributed by atoms with Gasteiger partial charge in [-0.05, 0) is 57.7 Å². The largest absolute Gasteiger partial charge is 0.474 e. The van der Waals surface area contributed by atoms with Crippen LogP contribution in [0.3, 0.4) is 0 Å². The van der Waals surface area contributed by atoms with Gasteiger partial charge in [-0.25, -0.2) is 9.98 Å².